The maximum Gasteiger partial charge on any atom is 0.410 e. The molecule has 208 valence electrons. The largest absolute Gasteiger partial charge is 0.444 e. The molecule has 4 rings (SSSR count). The number of fused-ring (bicyclic) bond motifs is 1. The number of nitrogens with two attached hydrogens (primary N) is 1. The predicted octanol–water partition coefficient (Wildman–Crippen LogP) is 3.08. The number of halogens is 1. The molecule has 0 bridgehead atoms. The quantitative estimate of drug-likeness (QED) is 0.363. The molecule has 2 aliphatic rings. The summed E-state index contributed by atoms with van der Waals surface area (Å²) >= 11 is 0. The summed E-state index contributed by atoms with van der Waals surface area (Å²) in [6.45, 7) is 11.5. The molecule has 2 unspecified atom stereocenters. The smallest absolute Gasteiger partial charge is 0.410 e. The summed E-state index contributed by atoms with van der Waals surface area (Å²) in [5.41, 5.74) is 8.32. The number of aromatic nitrogens is 2. The molecule has 0 aromatic carbocycles. The fraction of sp³-hybridized carbons (Fsp3) is 0.630. The Morgan fingerprint density at radius 3 is 2.68 bits per heavy atom. The van der Waals surface area contributed by atoms with Gasteiger partial charge in [-0.05, 0) is 59.2 Å². The van der Waals surface area contributed by atoms with Gasteiger partial charge in [0.05, 0.1) is 18.7 Å². The van der Waals surface area contributed by atoms with Gasteiger partial charge in [-0.1, -0.05) is 6.07 Å². The minimum atomic E-state index is -1.23. The SMILES string of the molecule is Cc1ccc2ncc(C(N)=NC(CC(F)N3CCN(C)CC3)=NC3CCCN(C(=O)OC(C)(C)C)C3)n2c1. The monoisotopic (exact) mass is 528 g/mol. The van der Waals surface area contributed by atoms with Crippen molar-refractivity contribution in [2.45, 2.75) is 64.9 Å². The fourth-order valence-electron chi connectivity index (χ4n) is 4.74. The minimum Gasteiger partial charge on any atom is -0.444 e. The number of hydrogen-bond donors (Lipinski definition) is 1. The Balaban J connectivity index is 1.58. The first-order chi connectivity index (χ1) is 18.0. The number of nitrogens with zero attached hydrogens (tertiary/aromatic N) is 7. The number of ether oxygens (including phenoxy) is 1. The summed E-state index contributed by atoms with van der Waals surface area (Å²) in [5, 5.41) is 0. The number of carbonyl (C=O) groups is 1. The van der Waals surface area contributed by atoms with E-state index in [1.807, 2.05) is 62.4 Å². The molecule has 2 N–H and O–H groups in total. The van der Waals surface area contributed by atoms with E-state index in [1.165, 1.54) is 0 Å². The first kappa shape index (κ1) is 28.0. The molecular formula is C27H41FN8O2. The molecule has 2 atom stereocenters. The Morgan fingerprint density at radius 1 is 1.24 bits per heavy atom. The highest BCUT2D eigenvalue weighted by Gasteiger charge is 2.29. The molecule has 38 heavy (non-hydrogen) atoms. The van der Waals surface area contributed by atoms with Crippen LogP contribution in [-0.2, 0) is 4.74 Å². The highest BCUT2D eigenvalue weighted by Crippen LogP contribution is 2.19. The second kappa shape index (κ2) is 11.8. The van der Waals surface area contributed by atoms with Crippen LogP contribution >= 0.6 is 0 Å². The van der Waals surface area contributed by atoms with E-state index in [0.717, 1.165) is 37.1 Å². The molecule has 2 aromatic rings. The fourth-order valence-corrected chi connectivity index (χ4v) is 4.74. The zero-order chi connectivity index (χ0) is 27.4. The molecule has 2 aliphatic heterocycles. The third-order valence-electron chi connectivity index (χ3n) is 6.83. The van der Waals surface area contributed by atoms with Crippen LogP contribution in [0.4, 0.5) is 9.18 Å². The Labute approximate surface area is 224 Å². The lowest BCUT2D eigenvalue weighted by atomic mass is 10.1. The molecule has 4 heterocycles. The Hall–Kier alpha value is -3.05. The maximum atomic E-state index is 15.5. The summed E-state index contributed by atoms with van der Waals surface area (Å²) < 4.78 is 23.0. The Bertz CT molecular complexity index is 1180. The molecule has 2 aromatic heterocycles. The predicted molar refractivity (Wildman–Crippen MR) is 148 cm³/mol. The van der Waals surface area contributed by atoms with Crippen molar-refractivity contribution in [1.82, 2.24) is 24.1 Å². The van der Waals surface area contributed by atoms with Crippen molar-refractivity contribution in [3.05, 3.63) is 35.8 Å². The normalized spacial score (nSPS) is 21.6. The highest BCUT2D eigenvalue weighted by atomic mass is 19.1. The van der Waals surface area contributed by atoms with Gasteiger partial charge in [-0.3, -0.25) is 14.3 Å². The molecule has 2 saturated heterocycles. The van der Waals surface area contributed by atoms with E-state index in [4.69, 9.17) is 15.5 Å². The highest BCUT2D eigenvalue weighted by molar-refractivity contribution is 6.04. The first-order valence-corrected chi connectivity index (χ1v) is 13.4. The van der Waals surface area contributed by atoms with Crippen LogP contribution in [0.3, 0.4) is 0 Å². The van der Waals surface area contributed by atoms with Crippen LogP contribution < -0.4 is 5.73 Å². The third-order valence-corrected chi connectivity index (χ3v) is 6.83. The second-order valence-corrected chi connectivity index (χ2v) is 11.3. The van der Waals surface area contributed by atoms with Crippen LogP contribution in [0, 0.1) is 6.92 Å². The van der Waals surface area contributed by atoms with Gasteiger partial charge in [0.25, 0.3) is 0 Å². The standard InChI is InChI=1S/C27H41FN8O2/c1-19-8-9-24-30-16-21(36(24)17-19)25(29)32-23(15-22(28)34-13-11-33(5)12-14-34)31-20-7-6-10-35(18-20)26(37)38-27(2,3)4/h8-9,16-17,20,22H,6-7,10-15,18H2,1-5H3,(H2,29,31,32). The van der Waals surface area contributed by atoms with E-state index >= 15 is 4.39 Å². The average Bonchev–Trinajstić information content (AvgIpc) is 3.26. The topological polar surface area (TPSA) is 104 Å². The average molecular weight is 529 g/mol. The summed E-state index contributed by atoms with van der Waals surface area (Å²) in [7, 11) is 2.04. The summed E-state index contributed by atoms with van der Waals surface area (Å²) in [4.78, 5) is 32.3. The molecule has 0 spiro atoms. The third kappa shape index (κ3) is 7.28. The van der Waals surface area contributed by atoms with E-state index in [2.05, 4.69) is 14.9 Å². The Morgan fingerprint density at radius 2 is 1.97 bits per heavy atom. The van der Waals surface area contributed by atoms with E-state index in [1.54, 1.807) is 11.1 Å². The molecule has 1 amide bonds. The number of aryl methyl sites for hydroxylation is 1. The molecule has 2 fully saturated rings. The minimum absolute atomic E-state index is 0.0170. The van der Waals surface area contributed by atoms with Gasteiger partial charge < -0.3 is 20.3 Å². The van der Waals surface area contributed by atoms with E-state index in [-0.39, 0.29) is 24.4 Å². The molecule has 0 aliphatic carbocycles. The number of likely N-dealkylation sites (tertiary alicyclic amines) is 1. The van der Waals surface area contributed by atoms with Gasteiger partial charge >= 0.3 is 6.09 Å². The lowest BCUT2D eigenvalue weighted by Gasteiger charge is -2.34. The number of aliphatic imine (C=N–C) groups is 2. The van der Waals surface area contributed by atoms with Crippen LogP contribution in [0.25, 0.3) is 5.65 Å². The number of amides is 1. The van der Waals surface area contributed by atoms with Gasteiger partial charge in [-0.15, -0.1) is 0 Å². The van der Waals surface area contributed by atoms with Gasteiger partial charge in [0.2, 0.25) is 0 Å². The maximum absolute atomic E-state index is 15.5. The number of piperidine rings is 1. The number of rotatable bonds is 5. The van der Waals surface area contributed by atoms with Crippen molar-refractivity contribution in [3.8, 4) is 0 Å². The summed E-state index contributed by atoms with van der Waals surface area (Å²) in [6, 6.07) is 3.68. The number of alkyl halides is 1. The van der Waals surface area contributed by atoms with Crippen molar-refractivity contribution < 1.29 is 13.9 Å². The van der Waals surface area contributed by atoms with Gasteiger partial charge in [0.1, 0.15) is 22.8 Å². The molecule has 10 nitrogen and oxygen atoms in total. The summed E-state index contributed by atoms with van der Waals surface area (Å²) in [6.07, 6.45) is 3.60. The van der Waals surface area contributed by atoms with E-state index in [0.29, 0.717) is 37.7 Å². The van der Waals surface area contributed by atoms with Crippen molar-refractivity contribution in [3.63, 3.8) is 0 Å². The number of likely N-dealkylation sites (N-methyl/N-ethyl adjacent to an activating group) is 1. The Kier molecular flexibility index (Phi) is 8.67. The van der Waals surface area contributed by atoms with E-state index in [9.17, 15) is 4.79 Å². The van der Waals surface area contributed by atoms with Gasteiger partial charge in [0, 0.05) is 45.5 Å². The second-order valence-electron chi connectivity index (χ2n) is 11.3. The van der Waals surface area contributed by atoms with Crippen LogP contribution in [0.1, 0.15) is 51.3 Å². The van der Waals surface area contributed by atoms with Crippen LogP contribution in [0.5, 0.6) is 0 Å². The zero-order valence-corrected chi connectivity index (χ0v) is 23.2. The number of amidine groups is 2. The number of piperazine rings is 1. The molecule has 0 saturated carbocycles. The lowest BCUT2D eigenvalue weighted by Crippen LogP contribution is -2.48. The lowest BCUT2D eigenvalue weighted by molar-refractivity contribution is 0.0200. The van der Waals surface area contributed by atoms with Crippen molar-refractivity contribution in [1.29, 1.82) is 0 Å². The zero-order valence-electron chi connectivity index (χ0n) is 23.2. The van der Waals surface area contributed by atoms with Gasteiger partial charge in [0.15, 0.2) is 12.1 Å². The number of imidazole rings is 1. The number of carbonyl (C=O) groups excluding carboxylic acids is 1. The number of pyridine rings is 1. The summed E-state index contributed by atoms with van der Waals surface area (Å²) in [5.74, 6) is 0.569. The van der Waals surface area contributed by atoms with Gasteiger partial charge in [-0.25, -0.2) is 19.2 Å². The van der Waals surface area contributed by atoms with Crippen LogP contribution in [0.15, 0.2) is 34.5 Å². The number of hydrogen-bond acceptors (Lipinski definition) is 6. The van der Waals surface area contributed by atoms with Crippen LogP contribution in [0.2, 0.25) is 0 Å². The first-order valence-electron chi connectivity index (χ1n) is 13.4. The van der Waals surface area contributed by atoms with Crippen molar-refractivity contribution >= 4 is 23.4 Å². The van der Waals surface area contributed by atoms with Crippen molar-refractivity contribution in [2.24, 2.45) is 15.7 Å². The van der Waals surface area contributed by atoms with Gasteiger partial charge in [-0.2, -0.15) is 0 Å². The molecule has 11 heteroatoms. The van der Waals surface area contributed by atoms with Crippen molar-refractivity contribution in [2.75, 3.05) is 46.3 Å². The van der Waals surface area contributed by atoms with E-state index < -0.39 is 11.9 Å². The molecule has 0 radical (unpaired) electrons. The molecular weight excluding hydrogens is 487 g/mol. The van der Waals surface area contributed by atoms with Crippen LogP contribution in [-0.4, -0.2) is 106 Å².